The van der Waals surface area contributed by atoms with Gasteiger partial charge >= 0.3 is 0 Å². The summed E-state index contributed by atoms with van der Waals surface area (Å²) in [6, 6.07) is 3.16. The van der Waals surface area contributed by atoms with E-state index in [2.05, 4.69) is 10.2 Å². The fourth-order valence-electron chi connectivity index (χ4n) is 1.76. The number of hydrogen-bond acceptors (Lipinski definition) is 5. The molecule has 0 atom stereocenters. The fraction of sp³-hybridized carbons (Fsp3) is 0.333. The molecule has 0 amide bonds. The van der Waals surface area contributed by atoms with Crippen LogP contribution in [0.2, 0.25) is 0 Å². The first-order valence-electron chi connectivity index (χ1n) is 5.80. The van der Waals surface area contributed by atoms with Crippen LogP contribution in [0.1, 0.15) is 17.0 Å². The van der Waals surface area contributed by atoms with Crippen LogP contribution in [-0.2, 0) is 22.7 Å². The lowest BCUT2D eigenvalue weighted by atomic mass is 10.1. The molecule has 0 saturated heterocycles. The summed E-state index contributed by atoms with van der Waals surface area (Å²) < 4.78 is 30.2. The maximum atomic E-state index is 11.4. The number of nitrogens with zero attached hydrogens (tertiary/aromatic N) is 3. The molecule has 0 aliphatic heterocycles. The lowest BCUT2D eigenvalue weighted by molar-refractivity contribution is 0.289. The minimum atomic E-state index is -3.75. The summed E-state index contributed by atoms with van der Waals surface area (Å²) >= 11 is 0. The van der Waals surface area contributed by atoms with E-state index in [-0.39, 0.29) is 11.5 Å². The van der Waals surface area contributed by atoms with Gasteiger partial charge in [-0.3, -0.25) is 0 Å². The summed E-state index contributed by atoms with van der Waals surface area (Å²) in [4.78, 5) is 0.0997. The van der Waals surface area contributed by atoms with Gasteiger partial charge in [0.2, 0.25) is 0 Å². The van der Waals surface area contributed by atoms with E-state index in [1.165, 1.54) is 6.07 Å². The molecule has 6 nitrogen and oxygen atoms in total. The van der Waals surface area contributed by atoms with E-state index in [1.807, 2.05) is 7.05 Å². The largest absolute Gasteiger partial charge is 0.485 e. The number of rotatable bonds is 4. The van der Waals surface area contributed by atoms with E-state index in [1.54, 1.807) is 30.8 Å². The molecule has 2 rings (SSSR count). The fourth-order valence-corrected chi connectivity index (χ4v) is 3.02. The van der Waals surface area contributed by atoms with Crippen molar-refractivity contribution in [3.63, 3.8) is 0 Å². The molecule has 2 aromatic rings. The van der Waals surface area contributed by atoms with Crippen LogP contribution in [0.4, 0.5) is 0 Å². The van der Waals surface area contributed by atoms with Gasteiger partial charge in [-0.15, -0.1) is 10.2 Å². The van der Waals surface area contributed by atoms with Crippen LogP contribution in [0.5, 0.6) is 5.75 Å². The Morgan fingerprint density at radius 1 is 1.30 bits per heavy atom. The third-order valence-electron chi connectivity index (χ3n) is 2.90. The van der Waals surface area contributed by atoms with Crippen LogP contribution in [0.3, 0.4) is 0 Å². The number of benzene rings is 1. The maximum Gasteiger partial charge on any atom is 0.261 e. The van der Waals surface area contributed by atoms with Crippen molar-refractivity contribution < 1.29 is 13.2 Å². The van der Waals surface area contributed by atoms with Crippen LogP contribution < -0.4 is 4.74 Å². The lowest BCUT2D eigenvalue weighted by Crippen LogP contribution is -2.05. The zero-order valence-corrected chi connectivity index (χ0v) is 12.9. The second kappa shape index (κ2) is 5.41. The van der Waals surface area contributed by atoms with Crippen LogP contribution in [0.25, 0.3) is 0 Å². The molecular weight excluding hydrogens is 302 g/mol. The van der Waals surface area contributed by atoms with Crippen molar-refractivity contribution >= 4 is 19.7 Å². The number of halogens is 1. The Morgan fingerprint density at radius 3 is 2.55 bits per heavy atom. The van der Waals surface area contributed by atoms with Gasteiger partial charge in [0, 0.05) is 17.7 Å². The SMILES string of the molecule is Cc1cc(S(=O)(=O)Cl)c(C)cc1OCc1nncn1C. The molecule has 1 aromatic carbocycles. The van der Waals surface area contributed by atoms with Crippen LogP contribution in [-0.4, -0.2) is 23.2 Å². The average molecular weight is 316 g/mol. The number of aryl methyl sites for hydroxylation is 3. The van der Waals surface area contributed by atoms with Crippen molar-refractivity contribution in [2.75, 3.05) is 0 Å². The molecule has 8 heteroatoms. The third-order valence-corrected chi connectivity index (χ3v) is 4.36. The standard InChI is InChI=1S/C12H14ClN3O3S/c1-8-5-11(20(13,17)18)9(2)4-10(8)19-6-12-15-14-7-16(12)3/h4-5,7H,6H2,1-3H3. The number of aromatic nitrogens is 3. The predicted octanol–water partition coefficient (Wildman–Crippen LogP) is 1.94. The normalized spacial score (nSPS) is 11.6. The molecule has 0 spiro atoms. The van der Waals surface area contributed by atoms with Gasteiger partial charge in [0.15, 0.2) is 5.82 Å². The van der Waals surface area contributed by atoms with E-state index < -0.39 is 9.05 Å². The van der Waals surface area contributed by atoms with Gasteiger partial charge in [-0.2, -0.15) is 0 Å². The van der Waals surface area contributed by atoms with Gasteiger partial charge in [0.05, 0.1) is 4.90 Å². The molecule has 0 bridgehead atoms. The quantitative estimate of drug-likeness (QED) is 0.806. The van der Waals surface area contributed by atoms with Gasteiger partial charge in [-0.1, -0.05) is 0 Å². The van der Waals surface area contributed by atoms with Gasteiger partial charge < -0.3 is 9.30 Å². The Balaban J connectivity index is 2.26. The van der Waals surface area contributed by atoms with Crippen molar-refractivity contribution in [1.29, 1.82) is 0 Å². The van der Waals surface area contributed by atoms with E-state index in [9.17, 15) is 8.42 Å². The highest BCUT2D eigenvalue weighted by atomic mass is 35.7. The highest BCUT2D eigenvalue weighted by molar-refractivity contribution is 8.13. The first kappa shape index (κ1) is 14.8. The van der Waals surface area contributed by atoms with Gasteiger partial charge in [0.25, 0.3) is 9.05 Å². The Bertz CT molecular complexity index is 740. The topological polar surface area (TPSA) is 74.1 Å². The summed E-state index contributed by atoms with van der Waals surface area (Å²) in [6.07, 6.45) is 1.58. The number of ether oxygens (including phenoxy) is 1. The molecule has 0 aliphatic rings. The van der Waals surface area contributed by atoms with Crippen molar-refractivity contribution in [2.45, 2.75) is 25.3 Å². The summed E-state index contributed by atoms with van der Waals surface area (Å²) in [5.41, 5.74) is 1.23. The summed E-state index contributed by atoms with van der Waals surface area (Å²) in [7, 11) is 3.45. The second-order valence-corrected chi connectivity index (χ2v) is 7.00. The molecule has 0 fully saturated rings. The van der Waals surface area contributed by atoms with E-state index in [0.717, 1.165) is 0 Å². The Labute approximate surface area is 121 Å². The zero-order valence-electron chi connectivity index (χ0n) is 11.3. The van der Waals surface area contributed by atoms with Crippen molar-refractivity contribution in [3.8, 4) is 5.75 Å². The Kier molecular flexibility index (Phi) is 4.01. The maximum absolute atomic E-state index is 11.4. The molecule has 0 saturated carbocycles. The summed E-state index contributed by atoms with van der Waals surface area (Å²) in [6.45, 7) is 3.69. The molecule has 0 N–H and O–H groups in total. The highest BCUT2D eigenvalue weighted by Gasteiger charge is 2.16. The summed E-state index contributed by atoms with van der Waals surface area (Å²) in [5, 5.41) is 7.67. The van der Waals surface area contributed by atoms with Crippen LogP contribution in [0, 0.1) is 13.8 Å². The molecule has 1 heterocycles. The smallest absolute Gasteiger partial charge is 0.261 e. The molecule has 1 aromatic heterocycles. The second-order valence-electron chi connectivity index (χ2n) is 4.47. The molecule has 108 valence electrons. The highest BCUT2D eigenvalue weighted by Crippen LogP contribution is 2.28. The van der Waals surface area contributed by atoms with E-state index in [4.69, 9.17) is 15.4 Å². The first-order chi connectivity index (χ1) is 9.29. The zero-order chi connectivity index (χ0) is 14.9. The molecule has 0 radical (unpaired) electrons. The van der Waals surface area contributed by atoms with Gasteiger partial charge in [-0.05, 0) is 37.1 Å². The Morgan fingerprint density at radius 2 is 2.00 bits per heavy atom. The minimum Gasteiger partial charge on any atom is -0.485 e. The Hall–Kier alpha value is -1.60. The molecule has 0 unspecified atom stereocenters. The third kappa shape index (κ3) is 3.10. The van der Waals surface area contributed by atoms with Crippen molar-refractivity contribution in [3.05, 3.63) is 35.4 Å². The van der Waals surface area contributed by atoms with Crippen LogP contribution in [0.15, 0.2) is 23.4 Å². The molecule has 20 heavy (non-hydrogen) atoms. The monoisotopic (exact) mass is 315 g/mol. The summed E-state index contributed by atoms with van der Waals surface area (Å²) in [5.74, 6) is 1.27. The van der Waals surface area contributed by atoms with Crippen molar-refractivity contribution in [2.24, 2.45) is 7.05 Å². The predicted molar refractivity (Wildman–Crippen MR) is 74.3 cm³/mol. The van der Waals surface area contributed by atoms with Gasteiger partial charge in [0.1, 0.15) is 18.7 Å². The van der Waals surface area contributed by atoms with Gasteiger partial charge in [-0.25, -0.2) is 8.42 Å². The average Bonchev–Trinajstić information content (AvgIpc) is 2.74. The minimum absolute atomic E-state index is 0.0997. The first-order valence-corrected chi connectivity index (χ1v) is 8.11. The molecule has 0 aliphatic carbocycles. The van der Waals surface area contributed by atoms with Crippen molar-refractivity contribution in [1.82, 2.24) is 14.8 Å². The lowest BCUT2D eigenvalue weighted by Gasteiger charge is -2.11. The molecular formula is C12H14ClN3O3S. The van der Waals surface area contributed by atoms with E-state index in [0.29, 0.717) is 22.7 Å². The van der Waals surface area contributed by atoms with Crippen LogP contribution >= 0.6 is 10.7 Å². The van der Waals surface area contributed by atoms with E-state index >= 15 is 0 Å². The number of hydrogen-bond donors (Lipinski definition) is 0.